The van der Waals surface area contributed by atoms with Gasteiger partial charge in [-0.25, -0.2) is 4.98 Å². The van der Waals surface area contributed by atoms with E-state index >= 15 is 0 Å². The number of nitrogens with zero attached hydrogens (tertiary/aromatic N) is 2. The molecule has 0 spiro atoms. The molecular formula is C16H17N3O3. The van der Waals surface area contributed by atoms with Gasteiger partial charge < -0.3 is 5.73 Å². The molecule has 0 amide bonds. The number of aromatic nitrogens is 2. The van der Waals surface area contributed by atoms with Gasteiger partial charge in [0.05, 0.1) is 23.4 Å². The van der Waals surface area contributed by atoms with Crippen LogP contribution < -0.4 is 11.3 Å². The van der Waals surface area contributed by atoms with Gasteiger partial charge in [0.1, 0.15) is 11.6 Å². The van der Waals surface area contributed by atoms with E-state index in [4.69, 9.17) is 5.73 Å². The average molecular weight is 299 g/mol. The fraction of sp³-hybridized carbons (Fsp3) is 0.375. The van der Waals surface area contributed by atoms with Crippen LogP contribution in [0.25, 0.3) is 10.9 Å². The highest BCUT2D eigenvalue weighted by Gasteiger charge is 2.30. The van der Waals surface area contributed by atoms with Crippen LogP contribution in [-0.4, -0.2) is 21.1 Å². The van der Waals surface area contributed by atoms with E-state index in [1.54, 1.807) is 19.1 Å². The summed E-state index contributed by atoms with van der Waals surface area (Å²) in [5.41, 5.74) is 7.48. The number of anilines is 1. The van der Waals surface area contributed by atoms with Gasteiger partial charge in [-0.2, -0.15) is 0 Å². The van der Waals surface area contributed by atoms with E-state index in [2.05, 4.69) is 4.98 Å². The van der Waals surface area contributed by atoms with E-state index in [-0.39, 0.29) is 23.5 Å². The van der Waals surface area contributed by atoms with Crippen molar-refractivity contribution in [3.8, 4) is 0 Å². The molecular weight excluding hydrogens is 282 g/mol. The maximum Gasteiger partial charge on any atom is 0.264 e. The molecule has 0 unspecified atom stereocenters. The van der Waals surface area contributed by atoms with Crippen LogP contribution in [0.3, 0.4) is 0 Å². The van der Waals surface area contributed by atoms with Crippen LogP contribution in [0.4, 0.5) is 5.69 Å². The molecule has 1 fully saturated rings. The van der Waals surface area contributed by atoms with E-state index in [0.29, 0.717) is 35.3 Å². The third kappa shape index (κ3) is 2.20. The molecule has 1 aliphatic carbocycles. The maximum absolute atomic E-state index is 12.8. The van der Waals surface area contributed by atoms with E-state index in [9.17, 15) is 14.4 Å². The first-order chi connectivity index (χ1) is 10.4. The lowest BCUT2D eigenvalue weighted by molar-refractivity contribution is -0.132. The smallest absolute Gasteiger partial charge is 0.264 e. The van der Waals surface area contributed by atoms with Crippen LogP contribution in [0.5, 0.6) is 0 Å². The Morgan fingerprint density at radius 1 is 1.23 bits per heavy atom. The van der Waals surface area contributed by atoms with Gasteiger partial charge in [-0.1, -0.05) is 0 Å². The predicted octanol–water partition coefficient (Wildman–Crippen LogP) is 1.46. The number of carbonyl (C=O) groups excluding carboxylic acids is 2. The standard InChI is InChI=1S/C16H17N3O3/c1-8-5-11(17)15-12(6-8)18-9(2)19(16(15)22)13-4-3-10(20)7-14(13)21/h5-6,13H,3-4,7,17H2,1-2H3/t13-/m1/s1. The number of rotatable bonds is 1. The number of hydrogen-bond donors (Lipinski definition) is 1. The second-order valence-electron chi connectivity index (χ2n) is 5.82. The van der Waals surface area contributed by atoms with Crippen molar-refractivity contribution in [2.45, 2.75) is 39.2 Å². The molecule has 1 atom stereocenters. The summed E-state index contributed by atoms with van der Waals surface area (Å²) in [6.07, 6.45) is 0.541. The van der Waals surface area contributed by atoms with Gasteiger partial charge in [-0.15, -0.1) is 0 Å². The molecule has 0 aliphatic heterocycles. The SMILES string of the molecule is Cc1cc(N)c2c(=O)n([C@@H]3CCC(=O)CC3=O)c(C)nc2c1. The number of Topliss-reactive ketones (excluding diaryl/α,β-unsaturated/α-hetero) is 2. The Hall–Kier alpha value is -2.50. The van der Waals surface area contributed by atoms with Gasteiger partial charge >= 0.3 is 0 Å². The highest BCUT2D eigenvalue weighted by atomic mass is 16.2. The third-order valence-corrected chi connectivity index (χ3v) is 4.11. The number of ketones is 2. The van der Waals surface area contributed by atoms with Crippen molar-refractivity contribution in [1.82, 2.24) is 9.55 Å². The molecule has 1 heterocycles. The third-order valence-electron chi connectivity index (χ3n) is 4.11. The van der Waals surface area contributed by atoms with Crippen molar-refractivity contribution < 1.29 is 9.59 Å². The van der Waals surface area contributed by atoms with Gasteiger partial charge in [0.25, 0.3) is 5.56 Å². The van der Waals surface area contributed by atoms with Crippen LogP contribution in [0.1, 0.15) is 36.7 Å². The Kier molecular flexibility index (Phi) is 3.31. The van der Waals surface area contributed by atoms with Crippen molar-refractivity contribution in [3.63, 3.8) is 0 Å². The summed E-state index contributed by atoms with van der Waals surface area (Å²) in [5.74, 6) is 0.166. The zero-order valence-electron chi connectivity index (χ0n) is 12.5. The van der Waals surface area contributed by atoms with E-state index < -0.39 is 6.04 Å². The Labute approximate surface area is 127 Å². The Morgan fingerprint density at radius 2 is 1.95 bits per heavy atom. The molecule has 22 heavy (non-hydrogen) atoms. The molecule has 6 heteroatoms. The quantitative estimate of drug-likeness (QED) is 0.635. The molecule has 1 aromatic heterocycles. The first-order valence-electron chi connectivity index (χ1n) is 7.22. The predicted molar refractivity (Wildman–Crippen MR) is 82.8 cm³/mol. The van der Waals surface area contributed by atoms with Gasteiger partial charge in [-0.05, 0) is 38.0 Å². The highest BCUT2D eigenvalue weighted by Crippen LogP contribution is 2.25. The summed E-state index contributed by atoms with van der Waals surface area (Å²) < 4.78 is 1.39. The molecule has 2 aromatic rings. The van der Waals surface area contributed by atoms with E-state index in [0.717, 1.165) is 5.56 Å². The molecule has 2 N–H and O–H groups in total. The summed E-state index contributed by atoms with van der Waals surface area (Å²) in [5, 5.41) is 0.334. The van der Waals surface area contributed by atoms with Crippen LogP contribution in [-0.2, 0) is 9.59 Å². The molecule has 114 valence electrons. The second kappa shape index (κ2) is 5.05. The molecule has 0 saturated heterocycles. The zero-order chi connectivity index (χ0) is 16.0. The number of nitrogens with two attached hydrogens (primary N) is 1. The molecule has 1 aromatic carbocycles. The zero-order valence-corrected chi connectivity index (χ0v) is 12.5. The minimum atomic E-state index is -0.622. The van der Waals surface area contributed by atoms with Crippen molar-refractivity contribution in [2.24, 2.45) is 0 Å². The summed E-state index contributed by atoms with van der Waals surface area (Å²) in [4.78, 5) is 40.8. The Bertz CT molecular complexity index is 867. The maximum atomic E-state index is 12.8. The first kappa shape index (κ1) is 14.4. The van der Waals surface area contributed by atoms with Gasteiger partial charge in [-0.3, -0.25) is 19.0 Å². The number of benzene rings is 1. The van der Waals surface area contributed by atoms with E-state index in [1.807, 2.05) is 6.92 Å². The summed E-state index contributed by atoms with van der Waals surface area (Å²) in [6, 6.07) is 2.90. The number of aryl methyl sites for hydroxylation is 2. The van der Waals surface area contributed by atoms with Gasteiger partial charge in [0.15, 0.2) is 5.78 Å². The van der Waals surface area contributed by atoms with Crippen LogP contribution in [0, 0.1) is 13.8 Å². The molecule has 3 rings (SSSR count). The number of fused-ring (bicyclic) bond motifs is 1. The lowest BCUT2D eigenvalue weighted by Gasteiger charge is -2.24. The largest absolute Gasteiger partial charge is 0.398 e. The van der Waals surface area contributed by atoms with Crippen LogP contribution in [0.2, 0.25) is 0 Å². The summed E-state index contributed by atoms with van der Waals surface area (Å²) in [7, 11) is 0. The first-order valence-corrected chi connectivity index (χ1v) is 7.22. The molecule has 6 nitrogen and oxygen atoms in total. The van der Waals surface area contributed by atoms with Crippen molar-refractivity contribution in [3.05, 3.63) is 33.9 Å². The minimum absolute atomic E-state index is 0.0733. The summed E-state index contributed by atoms with van der Waals surface area (Å²) >= 11 is 0. The van der Waals surface area contributed by atoms with Crippen molar-refractivity contribution in [2.75, 3.05) is 5.73 Å². The molecule has 0 bridgehead atoms. The van der Waals surface area contributed by atoms with E-state index in [1.165, 1.54) is 4.57 Å². The normalized spacial score (nSPS) is 18.9. The van der Waals surface area contributed by atoms with Gasteiger partial charge in [0.2, 0.25) is 0 Å². The number of hydrogen-bond acceptors (Lipinski definition) is 5. The monoisotopic (exact) mass is 299 g/mol. The molecule has 1 saturated carbocycles. The molecule has 0 radical (unpaired) electrons. The van der Waals surface area contributed by atoms with Crippen LogP contribution >= 0.6 is 0 Å². The second-order valence-corrected chi connectivity index (χ2v) is 5.82. The Balaban J connectivity index is 2.25. The number of carbonyl (C=O) groups is 2. The molecule has 1 aliphatic rings. The lowest BCUT2D eigenvalue weighted by Crippen LogP contribution is -2.36. The number of nitrogen functional groups attached to an aromatic ring is 1. The highest BCUT2D eigenvalue weighted by molar-refractivity contribution is 6.03. The lowest BCUT2D eigenvalue weighted by atomic mass is 9.92. The fourth-order valence-corrected chi connectivity index (χ4v) is 3.11. The fourth-order valence-electron chi connectivity index (χ4n) is 3.11. The van der Waals surface area contributed by atoms with Crippen LogP contribution in [0.15, 0.2) is 16.9 Å². The minimum Gasteiger partial charge on any atom is -0.398 e. The Morgan fingerprint density at radius 3 is 2.64 bits per heavy atom. The van der Waals surface area contributed by atoms with Crippen molar-refractivity contribution >= 4 is 28.2 Å². The average Bonchev–Trinajstić information content (AvgIpc) is 2.39. The topological polar surface area (TPSA) is 95.0 Å². The summed E-state index contributed by atoms with van der Waals surface area (Å²) in [6.45, 7) is 3.58. The van der Waals surface area contributed by atoms with Crippen molar-refractivity contribution in [1.29, 1.82) is 0 Å². The van der Waals surface area contributed by atoms with Gasteiger partial charge in [0, 0.05) is 12.1 Å².